The maximum Gasteiger partial charge on any atom is 0.408 e. The van der Waals surface area contributed by atoms with Crippen LogP contribution < -0.4 is 16.4 Å². The molecule has 7 heteroatoms. The fourth-order valence-corrected chi connectivity index (χ4v) is 1.47. The molecule has 1 rings (SSSR count). The van der Waals surface area contributed by atoms with Crippen molar-refractivity contribution in [1.29, 1.82) is 0 Å². The number of carbonyl (C=O) groups is 2. The minimum Gasteiger partial charge on any atom is -0.444 e. The fourth-order valence-electron chi connectivity index (χ4n) is 1.47. The van der Waals surface area contributed by atoms with E-state index in [0.717, 1.165) is 0 Å². The van der Waals surface area contributed by atoms with Gasteiger partial charge in [0.25, 0.3) is 0 Å². The fraction of sp³-hybridized carbons (Fsp3) is 0.429. The van der Waals surface area contributed by atoms with Gasteiger partial charge in [-0.2, -0.15) is 0 Å². The van der Waals surface area contributed by atoms with Crippen LogP contribution in [0, 0.1) is 0 Å². The van der Waals surface area contributed by atoms with Gasteiger partial charge in [-0.3, -0.25) is 4.79 Å². The number of hydrogen-bond donors (Lipinski definition) is 4. The van der Waals surface area contributed by atoms with Crippen molar-refractivity contribution in [3.8, 4) is 0 Å². The number of aliphatic hydroxyl groups excluding tert-OH is 1. The zero-order valence-corrected chi connectivity index (χ0v) is 12.3. The second kappa shape index (κ2) is 6.94. The van der Waals surface area contributed by atoms with Crippen molar-refractivity contribution < 1.29 is 19.4 Å². The van der Waals surface area contributed by atoms with Crippen LogP contribution in [0.4, 0.5) is 16.2 Å². The van der Waals surface area contributed by atoms with Crippen molar-refractivity contribution in [2.75, 3.05) is 17.7 Å². The predicted octanol–water partition coefficient (Wildman–Crippen LogP) is 1.09. The van der Waals surface area contributed by atoms with Gasteiger partial charge in [0.05, 0.1) is 18.0 Å². The van der Waals surface area contributed by atoms with Gasteiger partial charge in [-0.25, -0.2) is 4.79 Å². The Morgan fingerprint density at radius 2 is 1.95 bits per heavy atom. The van der Waals surface area contributed by atoms with Gasteiger partial charge in [0.15, 0.2) is 0 Å². The molecule has 1 aromatic carbocycles. The molecule has 0 aliphatic heterocycles. The molecule has 1 aromatic rings. The molecule has 0 aromatic heterocycles. The number of carbonyl (C=O) groups excluding carboxylic acids is 2. The van der Waals surface area contributed by atoms with E-state index in [2.05, 4.69) is 10.6 Å². The molecule has 7 nitrogen and oxygen atoms in total. The summed E-state index contributed by atoms with van der Waals surface area (Å²) in [6, 6.07) is 5.56. The summed E-state index contributed by atoms with van der Waals surface area (Å²) in [6.07, 6.45) is -0.780. The summed E-state index contributed by atoms with van der Waals surface area (Å²) in [5.41, 5.74) is 5.81. The molecule has 0 radical (unpaired) electrons. The number of ether oxygens (including phenoxy) is 1. The molecule has 0 spiro atoms. The highest BCUT2D eigenvalue weighted by Gasteiger charge is 2.24. The summed E-state index contributed by atoms with van der Waals surface area (Å²) < 4.78 is 5.03. The smallest absolute Gasteiger partial charge is 0.408 e. The Bertz CT molecular complexity index is 511. The van der Waals surface area contributed by atoms with Crippen LogP contribution >= 0.6 is 0 Å². The number of nitrogens with two attached hydrogens (primary N) is 1. The van der Waals surface area contributed by atoms with Crippen molar-refractivity contribution in [2.24, 2.45) is 0 Å². The Labute approximate surface area is 123 Å². The third-order valence-corrected chi connectivity index (χ3v) is 2.41. The first-order valence-corrected chi connectivity index (χ1v) is 6.48. The monoisotopic (exact) mass is 295 g/mol. The lowest BCUT2D eigenvalue weighted by molar-refractivity contribution is -0.119. The molecule has 0 aliphatic rings. The number of benzene rings is 1. The van der Waals surface area contributed by atoms with Gasteiger partial charge in [-0.15, -0.1) is 0 Å². The van der Waals surface area contributed by atoms with Gasteiger partial charge < -0.3 is 26.2 Å². The van der Waals surface area contributed by atoms with Crippen molar-refractivity contribution >= 4 is 23.4 Å². The van der Waals surface area contributed by atoms with Crippen LogP contribution in [0.3, 0.4) is 0 Å². The number of nitrogen functional groups attached to an aromatic ring is 1. The second-order valence-electron chi connectivity index (χ2n) is 5.46. The summed E-state index contributed by atoms with van der Waals surface area (Å²) >= 11 is 0. The Morgan fingerprint density at radius 1 is 1.33 bits per heavy atom. The van der Waals surface area contributed by atoms with Gasteiger partial charge >= 0.3 is 6.09 Å². The van der Waals surface area contributed by atoms with E-state index in [9.17, 15) is 14.7 Å². The van der Waals surface area contributed by atoms with Crippen LogP contribution in [0.25, 0.3) is 0 Å². The molecule has 116 valence electrons. The lowest BCUT2D eigenvalue weighted by Crippen LogP contribution is -2.47. The van der Waals surface area contributed by atoms with E-state index in [1.54, 1.807) is 45.0 Å². The molecule has 0 aliphatic carbocycles. The Kier molecular flexibility index (Phi) is 5.54. The van der Waals surface area contributed by atoms with Crippen LogP contribution in [0.5, 0.6) is 0 Å². The number of aliphatic hydroxyl groups is 1. The number of anilines is 2. The minimum absolute atomic E-state index is 0.389. The number of amides is 2. The van der Waals surface area contributed by atoms with Crippen molar-refractivity contribution in [2.45, 2.75) is 32.4 Å². The van der Waals surface area contributed by atoms with Gasteiger partial charge in [0, 0.05) is 0 Å². The highest BCUT2D eigenvalue weighted by atomic mass is 16.6. The molecule has 21 heavy (non-hydrogen) atoms. The molecular formula is C14H21N3O4. The molecule has 0 unspecified atom stereocenters. The molecular weight excluding hydrogens is 274 g/mol. The number of rotatable bonds is 4. The molecule has 0 heterocycles. The van der Waals surface area contributed by atoms with E-state index in [1.165, 1.54) is 0 Å². The molecule has 0 saturated heterocycles. The van der Waals surface area contributed by atoms with E-state index < -0.39 is 30.3 Å². The van der Waals surface area contributed by atoms with Crippen molar-refractivity contribution in [1.82, 2.24) is 5.32 Å². The van der Waals surface area contributed by atoms with E-state index in [-0.39, 0.29) is 0 Å². The first-order valence-electron chi connectivity index (χ1n) is 6.48. The van der Waals surface area contributed by atoms with E-state index in [0.29, 0.717) is 11.4 Å². The zero-order valence-electron chi connectivity index (χ0n) is 12.3. The highest BCUT2D eigenvalue weighted by molar-refractivity contribution is 5.98. The third-order valence-electron chi connectivity index (χ3n) is 2.41. The summed E-state index contributed by atoms with van der Waals surface area (Å²) in [5.74, 6) is -0.582. The van der Waals surface area contributed by atoms with Gasteiger partial charge in [0.2, 0.25) is 5.91 Å². The van der Waals surface area contributed by atoms with Crippen LogP contribution in [-0.2, 0) is 9.53 Å². The standard InChI is InChI=1S/C14H21N3O4/c1-14(2,3)21-13(20)17-11(8-18)12(19)16-10-7-5-4-6-9(10)15/h4-7,11,18H,8,15H2,1-3H3,(H,16,19)(H,17,20)/t11-/m1/s1. The quantitative estimate of drug-likeness (QED) is 0.621. The third kappa shape index (κ3) is 5.70. The van der Waals surface area contributed by atoms with Crippen molar-refractivity contribution in [3.63, 3.8) is 0 Å². The first-order chi connectivity index (χ1) is 9.73. The topological polar surface area (TPSA) is 114 Å². The number of para-hydroxylation sites is 2. The molecule has 0 fully saturated rings. The van der Waals surface area contributed by atoms with Gasteiger partial charge in [0.1, 0.15) is 11.6 Å². The Balaban J connectivity index is 2.66. The van der Waals surface area contributed by atoms with E-state index >= 15 is 0 Å². The lowest BCUT2D eigenvalue weighted by atomic mass is 10.2. The number of alkyl carbamates (subject to hydrolysis) is 1. The molecule has 0 bridgehead atoms. The average molecular weight is 295 g/mol. The minimum atomic E-state index is -1.13. The highest BCUT2D eigenvalue weighted by Crippen LogP contribution is 2.16. The molecule has 5 N–H and O–H groups in total. The van der Waals surface area contributed by atoms with Crippen LogP contribution in [-0.4, -0.2) is 35.4 Å². The van der Waals surface area contributed by atoms with Crippen LogP contribution in [0.1, 0.15) is 20.8 Å². The van der Waals surface area contributed by atoms with E-state index in [1.807, 2.05) is 0 Å². The maximum atomic E-state index is 12.0. The van der Waals surface area contributed by atoms with Gasteiger partial charge in [-0.05, 0) is 32.9 Å². The average Bonchev–Trinajstić information content (AvgIpc) is 2.36. The van der Waals surface area contributed by atoms with Gasteiger partial charge in [-0.1, -0.05) is 12.1 Å². The largest absolute Gasteiger partial charge is 0.444 e. The van der Waals surface area contributed by atoms with E-state index in [4.69, 9.17) is 10.5 Å². The normalized spacial score (nSPS) is 12.4. The summed E-state index contributed by atoms with van der Waals surface area (Å²) in [5, 5.41) is 14.1. The van der Waals surface area contributed by atoms with Crippen molar-refractivity contribution in [3.05, 3.63) is 24.3 Å². The number of hydrogen-bond acceptors (Lipinski definition) is 5. The predicted molar refractivity (Wildman–Crippen MR) is 79.7 cm³/mol. The Hall–Kier alpha value is -2.28. The lowest BCUT2D eigenvalue weighted by Gasteiger charge is -2.22. The summed E-state index contributed by atoms with van der Waals surface area (Å²) in [4.78, 5) is 23.6. The summed E-state index contributed by atoms with van der Waals surface area (Å²) in [7, 11) is 0. The molecule has 1 atom stereocenters. The molecule has 0 saturated carbocycles. The van der Waals surface area contributed by atoms with Crippen LogP contribution in [0.2, 0.25) is 0 Å². The first kappa shape index (κ1) is 16.8. The zero-order chi connectivity index (χ0) is 16.0. The van der Waals surface area contributed by atoms with Crippen LogP contribution in [0.15, 0.2) is 24.3 Å². The number of nitrogens with one attached hydrogen (secondary N) is 2. The SMILES string of the molecule is CC(C)(C)OC(=O)N[C@H](CO)C(=O)Nc1ccccc1N. The maximum absolute atomic E-state index is 12.0. The molecule has 2 amide bonds. The Morgan fingerprint density at radius 3 is 2.48 bits per heavy atom. The second-order valence-corrected chi connectivity index (χ2v) is 5.46. The summed E-state index contributed by atoms with van der Waals surface area (Å²) in [6.45, 7) is 4.54.